The summed E-state index contributed by atoms with van der Waals surface area (Å²) in [6.07, 6.45) is -0.510. The maximum atomic E-state index is 8.35. The first kappa shape index (κ1) is 18.0. The van der Waals surface area contributed by atoms with Crippen molar-refractivity contribution < 1.29 is 8.54 Å². The van der Waals surface area contributed by atoms with Gasteiger partial charge in [0.1, 0.15) is 8.24 Å². The number of hydrogen-bond acceptors (Lipinski definition) is 2. The molecule has 1 rings (SSSR count). The molecule has 0 aliphatic carbocycles. The van der Waals surface area contributed by atoms with Gasteiger partial charge in [0, 0.05) is 10.2 Å². The molecular weight excluding hydrogens is 338 g/mol. The summed E-state index contributed by atoms with van der Waals surface area (Å²) < 4.78 is 31.8. The van der Waals surface area contributed by atoms with E-state index in [4.69, 9.17) is 8.54 Å². The van der Waals surface area contributed by atoms with Gasteiger partial charge in [0.2, 0.25) is 0 Å². The summed E-state index contributed by atoms with van der Waals surface area (Å²) in [4.78, 5) is 3.62. The summed E-state index contributed by atoms with van der Waals surface area (Å²) in [5.41, 5.74) is 0.930. The van der Waals surface area contributed by atoms with Crippen molar-refractivity contribution in [3.05, 3.63) is 35.9 Å². The molecule has 0 bridgehead atoms. The molecule has 0 heterocycles. The molecule has 0 amide bonds. The van der Waals surface area contributed by atoms with E-state index in [1.165, 1.54) is 0 Å². The van der Waals surface area contributed by atoms with E-state index < -0.39 is 35.6 Å². The first-order valence-electron chi connectivity index (χ1n) is 10.8. The van der Waals surface area contributed by atoms with E-state index in [0.29, 0.717) is 0 Å². The van der Waals surface area contributed by atoms with Crippen molar-refractivity contribution in [2.45, 2.75) is 96.8 Å². The van der Waals surface area contributed by atoms with Gasteiger partial charge in [0.05, 0.1) is 6.10 Å². The van der Waals surface area contributed by atoms with Gasteiger partial charge in [-0.2, -0.15) is 0 Å². The largest absolute Gasteiger partial charge is 0.408 e. The van der Waals surface area contributed by atoms with Crippen LogP contribution in [0.2, 0.25) is 36.3 Å². The summed E-state index contributed by atoms with van der Waals surface area (Å²) in [6.45, 7) is 19.8. The van der Waals surface area contributed by atoms with Crippen LogP contribution in [0.25, 0.3) is 0 Å². The Bertz CT molecular complexity index is 632. The van der Waals surface area contributed by atoms with Gasteiger partial charge in [-0.3, -0.25) is 0 Å². The first-order valence-corrected chi connectivity index (χ1v) is 15.2. The molecule has 0 fully saturated rings. The van der Waals surface area contributed by atoms with Crippen LogP contribution in [0.1, 0.15) is 64.2 Å². The van der Waals surface area contributed by atoms with E-state index in [1.54, 1.807) is 0 Å². The predicted octanol–water partition coefficient (Wildman–Crippen LogP) is 6.73. The molecule has 0 radical (unpaired) electrons. The van der Waals surface area contributed by atoms with Gasteiger partial charge in [-0.25, -0.2) is 0 Å². The highest BCUT2D eigenvalue weighted by Crippen LogP contribution is 2.41. The molecule has 2 nitrogen and oxygen atoms in total. The lowest BCUT2D eigenvalue weighted by Crippen LogP contribution is -2.58. The standard InChI is InChI=1S/C21H41NOSi2/c1-17(22-24(8,9)20(2,3)4)19(18-15-13-12-14-16-18)23-25(10,11)21(5,6)7/h12-17,19,22H,1-11H3/i1D3. The molecule has 4 heteroatoms. The van der Waals surface area contributed by atoms with Crippen LogP contribution in [0.3, 0.4) is 0 Å². The van der Waals surface area contributed by atoms with E-state index in [-0.39, 0.29) is 10.1 Å². The minimum absolute atomic E-state index is 0.00368. The van der Waals surface area contributed by atoms with Crippen LogP contribution < -0.4 is 4.98 Å². The summed E-state index contributed by atoms with van der Waals surface area (Å²) in [7, 11) is -4.26. The van der Waals surface area contributed by atoms with Crippen molar-refractivity contribution in [2.75, 3.05) is 0 Å². The van der Waals surface area contributed by atoms with E-state index in [0.717, 1.165) is 5.56 Å². The zero-order valence-electron chi connectivity index (χ0n) is 20.9. The van der Waals surface area contributed by atoms with Gasteiger partial charge in [0.25, 0.3) is 0 Å². The quantitative estimate of drug-likeness (QED) is 0.550. The fraction of sp³-hybridized carbons (Fsp3) is 0.714. The zero-order chi connectivity index (χ0) is 22.2. The van der Waals surface area contributed by atoms with Crippen molar-refractivity contribution in [2.24, 2.45) is 0 Å². The topological polar surface area (TPSA) is 21.3 Å². The molecule has 1 N–H and O–H groups in total. The van der Waals surface area contributed by atoms with Crippen LogP contribution in [0.4, 0.5) is 0 Å². The van der Waals surface area contributed by atoms with E-state index in [9.17, 15) is 0 Å². The van der Waals surface area contributed by atoms with Crippen molar-refractivity contribution >= 4 is 16.6 Å². The van der Waals surface area contributed by atoms with Crippen molar-refractivity contribution in [1.29, 1.82) is 0 Å². The zero-order valence-corrected chi connectivity index (χ0v) is 19.9. The Morgan fingerprint density at radius 1 is 0.920 bits per heavy atom. The molecule has 0 aliphatic heterocycles. The lowest BCUT2D eigenvalue weighted by atomic mass is 10.0. The Morgan fingerprint density at radius 3 is 1.84 bits per heavy atom. The smallest absolute Gasteiger partial charge is 0.192 e. The molecule has 0 saturated heterocycles. The predicted molar refractivity (Wildman–Crippen MR) is 117 cm³/mol. The Morgan fingerprint density at radius 2 is 1.44 bits per heavy atom. The number of rotatable bonds is 6. The van der Waals surface area contributed by atoms with E-state index in [1.807, 2.05) is 30.3 Å². The third kappa shape index (κ3) is 5.78. The number of benzene rings is 1. The summed E-state index contributed by atoms with van der Waals surface area (Å²) in [5.74, 6) is 0. The normalized spacial score (nSPS) is 18.9. The highest BCUT2D eigenvalue weighted by Gasteiger charge is 2.43. The van der Waals surface area contributed by atoms with Crippen molar-refractivity contribution in [3.8, 4) is 0 Å². The second-order valence-corrected chi connectivity index (χ2v) is 20.0. The number of nitrogens with one attached hydrogen (secondary N) is 1. The summed E-state index contributed by atoms with van der Waals surface area (Å²) >= 11 is 0. The fourth-order valence-electron chi connectivity index (χ4n) is 2.15. The highest BCUT2D eigenvalue weighted by molar-refractivity contribution is 6.77. The number of hydrogen-bond donors (Lipinski definition) is 1. The van der Waals surface area contributed by atoms with Gasteiger partial charge in [-0.15, -0.1) is 0 Å². The SMILES string of the molecule is [2H]C([2H])([2H])C(N[Si](C)(C)C(C)(C)C)C(O[Si](C)(C)C(C)(C)C)c1ccccc1. The maximum Gasteiger partial charge on any atom is 0.192 e. The van der Waals surface area contributed by atoms with Gasteiger partial charge in [-0.05, 0) is 35.6 Å². The van der Waals surface area contributed by atoms with E-state index in [2.05, 4.69) is 72.7 Å². The highest BCUT2D eigenvalue weighted by atomic mass is 28.4. The van der Waals surface area contributed by atoms with Gasteiger partial charge < -0.3 is 9.41 Å². The molecule has 0 saturated carbocycles. The average molecular weight is 383 g/mol. The van der Waals surface area contributed by atoms with Gasteiger partial charge in [-0.1, -0.05) is 85.0 Å². The second-order valence-electron chi connectivity index (χ2n) is 10.2. The maximum absolute atomic E-state index is 8.35. The van der Waals surface area contributed by atoms with Gasteiger partial charge >= 0.3 is 0 Å². The van der Waals surface area contributed by atoms with Crippen molar-refractivity contribution in [3.63, 3.8) is 0 Å². The molecule has 0 aromatic heterocycles. The summed E-state index contributed by atoms with van der Waals surface area (Å²) in [6, 6.07) is 9.11. The van der Waals surface area contributed by atoms with E-state index >= 15 is 0 Å². The summed E-state index contributed by atoms with van der Waals surface area (Å²) in [5, 5.41) is 0.0189. The van der Waals surface area contributed by atoms with Crippen LogP contribution in [0, 0.1) is 0 Å². The van der Waals surface area contributed by atoms with Crippen LogP contribution in [-0.4, -0.2) is 22.6 Å². The lowest BCUT2D eigenvalue weighted by molar-refractivity contribution is 0.152. The Balaban J connectivity index is 3.49. The molecule has 0 spiro atoms. The average Bonchev–Trinajstić information content (AvgIpc) is 2.48. The van der Waals surface area contributed by atoms with Crippen molar-refractivity contribution in [1.82, 2.24) is 4.98 Å². The van der Waals surface area contributed by atoms with Gasteiger partial charge in [0.15, 0.2) is 8.32 Å². The van der Waals surface area contributed by atoms with Crippen LogP contribution >= 0.6 is 0 Å². The minimum atomic E-state index is -2.19. The third-order valence-electron chi connectivity index (χ3n) is 6.05. The van der Waals surface area contributed by atoms with Crippen LogP contribution in [0.15, 0.2) is 30.3 Å². The molecule has 0 aliphatic rings. The molecule has 25 heavy (non-hydrogen) atoms. The fourth-order valence-corrected chi connectivity index (χ4v) is 4.77. The molecule has 1 aromatic carbocycles. The molecule has 2 unspecified atom stereocenters. The molecule has 2 atom stereocenters. The first-order chi connectivity index (χ1) is 12.3. The monoisotopic (exact) mass is 382 g/mol. The molecule has 1 aromatic rings. The molecule has 144 valence electrons. The third-order valence-corrected chi connectivity index (χ3v) is 15.3. The minimum Gasteiger partial charge on any atom is -0.408 e. The molecular formula is C21H41NOSi2. The Hall–Kier alpha value is -0.426. The second kappa shape index (κ2) is 7.67. The Kier molecular flexibility index (Phi) is 5.51. The van der Waals surface area contributed by atoms with Crippen LogP contribution in [-0.2, 0) is 4.43 Å². The van der Waals surface area contributed by atoms with Crippen LogP contribution in [0.5, 0.6) is 0 Å². The lowest BCUT2D eigenvalue weighted by Gasteiger charge is -2.45. The Labute approximate surface area is 163 Å².